The third kappa shape index (κ3) is 5.79. The molecule has 1 heterocycles. The molecule has 1 aliphatic heterocycles. The first-order chi connectivity index (χ1) is 11.9. The average molecular weight is 349 g/mol. The lowest BCUT2D eigenvalue weighted by Crippen LogP contribution is -2.43. The number of nitrogens with two attached hydrogens (primary N) is 2. The highest BCUT2D eigenvalue weighted by Gasteiger charge is 2.38. The van der Waals surface area contributed by atoms with Crippen molar-refractivity contribution in [3.05, 3.63) is 35.9 Å². The van der Waals surface area contributed by atoms with Gasteiger partial charge in [-0.25, -0.2) is 0 Å². The number of aliphatic carboxylic acids is 1. The Labute approximate surface area is 148 Å². The number of hydrogen-bond donors (Lipinski definition) is 5. The second-order valence-electron chi connectivity index (χ2n) is 6.94. The number of carbonyl (C=O) groups is 1. The van der Waals surface area contributed by atoms with Crippen LogP contribution in [0.25, 0.3) is 0 Å². The zero-order valence-electron chi connectivity index (χ0n) is 14.4. The maximum absolute atomic E-state index is 11.5. The van der Waals surface area contributed by atoms with E-state index in [0.717, 1.165) is 5.56 Å². The van der Waals surface area contributed by atoms with Crippen molar-refractivity contribution in [3.8, 4) is 0 Å². The van der Waals surface area contributed by atoms with Crippen LogP contribution in [0.4, 0.5) is 0 Å². The molecule has 1 aromatic rings. The Morgan fingerprint density at radius 2 is 1.92 bits per heavy atom. The first kappa shape index (κ1) is 19.9. The SMILES string of the molecule is N[C@@H](CN1CC(CCCB(O)O)C(C(=O)O)C1)[C@@H](N)c1ccccc1. The third-order valence-corrected chi connectivity index (χ3v) is 4.99. The van der Waals surface area contributed by atoms with Crippen LogP contribution in [0.2, 0.25) is 6.32 Å². The highest BCUT2D eigenvalue weighted by Crippen LogP contribution is 2.29. The summed E-state index contributed by atoms with van der Waals surface area (Å²) >= 11 is 0. The number of likely N-dealkylation sites (tertiary alicyclic amines) is 1. The lowest BCUT2D eigenvalue weighted by molar-refractivity contribution is -0.142. The molecule has 0 aliphatic carbocycles. The minimum atomic E-state index is -1.34. The van der Waals surface area contributed by atoms with E-state index in [1.165, 1.54) is 0 Å². The molecule has 8 heteroatoms. The summed E-state index contributed by atoms with van der Waals surface area (Å²) in [6.45, 7) is 1.64. The number of nitrogens with zero attached hydrogens (tertiary/aromatic N) is 1. The van der Waals surface area contributed by atoms with E-state index < -0.39 is 19.0 Å². The van der Waals surface area contributed by atoms with Crippen LogP contribution in [0, 0.1) is 11.8 Å². The van der Waals surface area contributed by atoms with Crippen LogP contribution >= 0.6 is 0 Å². The fraction of sp³-hybridized carbons (Fsp3) is 0.588. The first-order valence-corrected chi connectivity index (χ1v) is 8.76. The van der Waals surface area contributed by atoms with Crippen molar-refractivity contribution in [1.82, 2.24) is 4.90 Å². The van der Waals surface area contributed by atoms with Gasteiger partial charge in [-0.05, 0) is 24.2 Å². The second kappa shape index (κ2) is 9.31. The van der Waals surface area contributed by atoms with Gasteiger partial charge in [0.1, 0.15) is 0 Å². The number of carboxylic acid groups (broad SMARTS) is 1. The second-order valence-corrected chi connectivity index (χ2v) is 6.94. The molecule has 0 radical (unpaired) electrons. The van der Waals surface area contributed by atoms with E-state index in [1.807, 2.05) is 30.3 Å². The maximum atomic E-state index is 11.5. The standard InChI is InChI=1S/C17H28BN3O4/c19-15(16(20)12-5-2-1-3-6-12)11-21-9-13(7-4-8-18(24)25)14(10-21)17(22)23/h1-3,5-6,13-16,24-25H,4,7-11,19-20H2,(H,22,23)/t13?,14?,15-,16-/m0/s1. The number of benzene rings is 1. The van der Waals surface area contributed by atoms with Crippen molar-refractivity contribution in [2.75, 3.05) is 19.6 Å². The summed E-state index contributed by atoms with van der Waals surface area (Å²) in [5.74, 6) is -1.26. The van der Waals surface area contributed by atoms with Gasteiger partial charge in [-0.1, -0.05) is 36.8 Å². The summed E-state index contributed by atoms with van der Waals surface area (Å²) in [6, 6.07) is 9.07. The van der Waals surface area contributed by atoms with Gasteiger partial charge in [-0.15, -0.1) is 0 Å². The van der Waals surface area contributed by atoms with Crippen molar-refractivity contribution in [3.63, 3.8) is 0 Å². The molecule has 25 heavy (non-hydrogen) atoms. The summed E-state index contributed by atoms with van der Waals surface area (Å²) in [7, 11) is -1.34. The summed E-state index contributed by atoms with van der Waals surface area (Å²) < 4.78 is 0. The molecule has 0 bridgehead atoms. The van der Waals surface area contributed by atoms with Gasteiger partial charge in [0.15, 0.2) is 0 Å². The molecule has 1 aromatic carbocycles. The van der Waals surface area contributed by atoms with Crippen LogP contribution in [0.5, 0.6) is 0 Å². The lowest BCUT2D eigenvalue weighted by Gasteiger charge is -2.25. The van der Waals surface area contributed by atoms with Gasteiger partial charge in [-0.3, -0.25) is 4.79 Å². The monoisotopic (exact) mass is 349 g/mol. The predicted molar refractivity (Wildman–Crippen MR) is 96.6 cm³/mol. The van der Waals surface area contributed by atoms with Crippen molar-refractivity contribution in [1.29, 1.82) is 0 Å². The Morgan fingerprint density at radius 3 is 2.52 bits per heavy atom. The lowest BCUT2D eigenvalue weighted by atomic mass is 9.80. The van der Waals surface area contributed by atoms with E-state index in [9.17, 15) is 9.90 Å². The van der Waals surface area contributed by atoms with E-state index in [2.05, 4.69) is 4.90 Å². The molecule has 1 saturated heterocycles. The zero-order valence-corrected chi connectivity index (χ0v) is 14.4. The Hall–Kier alpha value is -1.45. The number of carboxylic acids is 1. The van der Waals surface area contributed by atoms with Crippen molar-refractivity contribution in [2.45, 2.75) is 31.2 Å². The van der Waals surface area contributed by atoms with Gasteiger partial charge < -0.3 is 31.5 Å². The van der Waals surface area contributed by atoms with Crippen LogP contribution in [0.1, 0.15) is 24.4 Å². The van der Waals surface area contributed by atoms with Gasteiger partial charge in [0, 0.05) is 31.7 Å². The fourth-order valence-electron chi connectivity index (χ4n) is 3.58. The van der Waals surface area contributed by atoms with Crippen molar-refractivity contribution < 1.29 is 19.9 Å². The highest BCUT2D eigenvalue weighted by atomic mass is 16.4. The average Bonchev–Trinajstić information content (AvgIpc) is 2.97. The quantitative estimate of drug-likeness (QED) is 0.393. The Bertz CT molecular complexity index is 546. The molecule has 7 nitrogen and oxygen atoms in total. The van der Waals surface area contributed by atoms with Crippen molar-refractivity contribution >= 4 is 13.1 Å². The Morgan fingerprint density at radius 1 is 1.24 bits per heavy atom. The van der Waals surface area contributed by atoms with Gasteiger partial charge in [0.05, 0.1) is 5.92 Å². The molecule has 0 spiro atoms. The molecule has 138 valence electrons. The zero-order chi connectivity index (χ0) is 18.4. The molecule has 2 rings (SSSR count). The maximum Gasteiger partial charge on any atom is 0.451 e. The molecule has 4 atom stereocenters. The van der Waals surface area contributed by atoms with E-state index in [1.54, 1.807) is 0 Å². The van der Waals surface area contributed by atoms with Crippen molar-refractivity contribution in [2.24, 2.45) is 23.3 Å². The third-order valence-electron chi connectivity index (χ3n) is 4.99. The Balaban J connectivity index is 1.90. The van der Waals surface area contributed by atoms with E-state index in [4.69, 9.17) is 21.5 Å². The van der Waals surface area contributed by atoms with Crippen LogP contribution in [0.15, 0.2) is 30.3 Å². The molecule has 0 saturated carbocycles. The predicted octanol–water partition coefficient (Wildman–Crippen LogP) is -0.101. The molecule has 1 aliphatic rings. The minimum absolute atomic E-state index is 0.00333. The smallest absolute Gasteiger partial charge is 0.451 e. The minimum Gasteiger partial charge on any atom is -0.481 e. The topological polar surface area (TPSA) is 133 Å². The van der Waals surface area contributed by atoms with E-state index in [0.29, 0.717) is 32.5 Å². The largest absolute Gasteiger partial charge is 0.481 e. The summed E-state index contributed by atoms with van der Waals surface area (Å²) in [5, 5.41) is 27.3. The first-order valence-electron chi connectivity index (χ1n) is 8.76. The fourth-order valence-corrected chi connectivity index (χ4v) is 3.58. The Kier molecular flexibility index (Phi) is 7.40. The molecular formula is C17H28BN3O4. The molecule has 1 fully saturated rings. The highest BCUT2D eigenvalue weighted by molar-refractivity contribution is 6.40. The normalized spacial score (nSPS) is 23.4. The summed E-state index contributed by atoms with van der Waals surface area (Å²) in [6.07, 6.45) is 1.52. The molecule has 0 aromatic heterocycles. The van der Waals surface area contributed by atoms with Crippen LogP contribution in [0.3, 0.4) is 0 Å². The molecule has 0 amide bonds. The summed E-state index contributed by atoms with van der Waals surface area (Å²) in [5.41, 5.74) is 13.5. The summed E-state index contributed by atoms with van der Waals surface area (Å²) in [4.78, 5) is 13.6. The van der Waals surface area contributed by atoms with E-state index in [-0.39, 0.29) is 24.3 Å². The van der Waals surface area contributed by atoms with Crippen LogP contribution < -0.4 is 11.5 Å². The van der Waals surface area contributed by atoms with Crippen LogP contribution in [-0.4, -0.2) is 58.8 Å². The van der Waals surface area contributed by atoms with Gasteiger partial charge in [0.2, 0.25) is 0 Å². The molecule has 2 unspecified atom stereocenters. The van der Waals surface area contributed by atoms with Gasteiger partial charge in [0.25, 0.3) is 0 Å². The van der Waals surface area contributed by atoms with Gasteiger partial charge >= 0.3 is 13.1 Å². The molecule has 7 N–H and O–H groups in total. The van der Waals surface area contributed by atoms with Gasteiger partial charge in [-0.2, -0.15) is 0 Å². The molecular weight excluding hydrogens is 321 g/mol. The van der Waals surface area contributed by atoms with Crippen LogP contribution in [-0.2, 0) is 4.79 Å². The number of hydrogen-bond acceptors (Lipinski definition) is 6. The number of rotatable bonds is 9. The van der Waals surface area contributed by atoms with E-state index >= 15 is 0 Å².